The highest BCUT2D eigenvalue weighted by atomic mass is 19.4. The van der Waals surface area contributed by atoms with E-state index in [1.807, 2.05) is 17.4 Å². The number of anilines is 1. The number of rotatable bonds is 7. The Morgan fingerprint density at radius 2 is 1.68 bits per heavy atom. The molecule has 0 bridgehead atoms. The van der Waals surface area contributed by atoms with Crippen molar-refractivity contribution in [3.63, 3.8) is 0 Å². The van der Waals surface area contributed by atoms with Crippen LogP contribution in [-0.2, 0) is 20.8 Å². The SMILES string of the molecule is CC(C)c1ccc(NC(=O)C2CCCN2C(=O)C(Cc2ccccc2)NC(=O)C(F)(F)F)cc1. The summed E-state index contributed by atoms with van der Waals surface area (Å²) in [5, 5.41) is 4.61. The van der Waals surface area contributed by atoms with E-state index in [2.05, 4.69) is 19.2 Å². The molecule has 3 amide bonds. The first-order valence-electron chi connectivity index (χ1n) is 11.2. The topological polar surface area (TPSA) is 78.5 Å². The highest BCUT2D eigenvalue weighted by molar-refractivity contribution is 5.99. The van der Waals surface area contributed by atoms with E-state index in [0.29, 0.717) is 30.0 Å². The smallest absolute Gasteiger partial charge is 0.336 e. The molecule has 0 radical (unpaired) electrons. The van der Waals surface area contributed by atoms with Gasteiger partial charge >= 0.3 is 12.1 Å². The van der Waals surface area contributed by atoms with Crippen molar-refractivity contribution in [3.8, 4) is 0 Å². The molecule has 0 aliphatic carbocycles. The lowest BCUT2D eigenvalue weighted by atomic mass is 10.0. The lowest BCUT2D eigenvalue weighted by Crippen LogP contribution is -2.55. The highest BCUT2D eigenvalue weighted by Gasteiger charge is 2.43. The summed E-state index contributed by atoms with van der Waals surface area (Å²) < 4.78 is 38.7. The summed E-state index contributed by atoms with van der Waals surface area (Å²) in [6.07, 6.45) is -4.34. The second kappa shape index (κ2) is 10.7. The molecule has 2 N–H and O–H groups in total. The summed E-state index contributed by atoms with van der Waals surface area (Å²) in [5.41, 5.74) is 2.27. The Balaban J connectivity index is 1.75. The van der Waals surface area contributed by atoms with Gasteiger partial charge in [0.1, 0.15) is 12.1 Å². The van der Waals surface area contributed by atoms with Crippen molar-refractivity contribution in [2.45, 2.75) is 57.3 Å². The van der Waals surface area contributed by atoms with Crippen molar-refractivity contribution in [1.82, 2.24) is 10.2 Å². The zero-order valence-electron chi connectivity index (χ0n) is 19.1. The van der Waals surface area contributed by atoms with Gasteiger partial charge in [0.05, 0.1) is 0 Å². The molecule has 3 rings (SSSR count). The van der Waals surface area contributed by atoms with Crippen LogP contribution in [0.5, 0.6) is 0 Å². The maximum absolute atomic E-state index is 13.3. The molecule has 1 fully saturated rings. The first-order valence-corrected chi connectivity index (χ1v) is 11.2. The van der Waals surface area contributed by atoms with E-state index < -0.39 is 36.0 Å². The first kappa shape index (κ1) is 25.3. The molecule has 6 nitrogen and oxygen atoms in total. The Hall–Kier alpha value is -3.36. The van der Waals surface area contributed by atoms with Crippen LogP contribution in [0.4, 0.5) is 18.9 Å². The van der Waals surface area contributed by atoms with Crippen LogP contribution in [0.2, 0.25) is 0 Å². The van der Waals surface area contributed by atoms with Gasteiger partial charge in [-0.3, -0.25) is 14.4 Å². The number of carbonyl (C=O) groups is 3. The van der Waals surface area contributed by atoms with Gasteiger partial charge in [0.25, 0.3) is 0 Å². The van der Waals surface area contributed by atoms with E-state index in [4.69, 9.17) is 0 Å². The zero-order chi connectivity index (χ0) is 24.9. The van der Waals surface area contributed by atoms with Gasteiger partial charge in [0.2, 0.25) is 11.8 Å². The van der Waals surface area contributed by atoms with Crippen LogP contribution in [0.3, 0.4) is 0 Å². The number of halogens is 3. The minimum absolute atomic E-state index is 0.122. The van der Waals surface area contributed by atoms with Crippen molar-refractivity contribution >= 4 is 23.4 Å². The molecular weight excluding hydrogens is 447 g/mol. The Morgan fingerprint density at radius 1 is 1.03 bits per heavy atom. The van der Waals surface area contributed by atoms with Gasteiger partial charge < -0.3 is 15.5 Å². The van der Waals surface area contributed by atoms with Crippen LogP contribution in [0.1, 0.15) is 43.7 Å². The van der Waals surface area contributed by atoms with Crippen molar-refractivity contribution < 1.29 is 27.6 Å². The van der Waals surface area contributed by atoms with Gasteiger partial charge in [-0.2, -0.15) is 13.2 Å². The predicted octanol–water partition coefficient (Wildman–Crippen LogP) is 4.03. The summed E-state index contributed by atoms with van der Waals surface area (Å²) in [7, 11) is 0. The Bertz CT molecular complexity index is 1010. The number of benzene rings is 2. The van der Waals surface area contributed by atoms with Crippen LogP contribution < -0.4 is 10.6 Å². The van der Waals surface area contributed by atoms with Gasteiger partial charge in [-0.1, -0.05) is 56.3 Å². The Kier molecular flexibility index (Phi) is 7.96. The Labute approximate surface area is 196 Å². The van der Waals surface area contributed by atoms with E-state index in [1.165, 1.54) is 4.90 Å². The fraction of sp³-hybridized carbons (Fsp3) is 0.400. The number of amides is 3. The minimum Gasteiger partial charge on any atom is -0.336 e. The molecule has 9 heteroatoms. The molecule has 2 aromatic carbocycles. The fourth-order valence-electron chi connectivity index (χ4n) is 3.97. The molecule has 2 aromatic rings. The standard InChI is InChI=1S/C25H28F3N3O3/c1-16(2)18-10-12-19(13-11-18)29-22(32)21-9-6-14-31(21)23(33)20(30-24(34)25(26,27)28)15-17-7-4-3-5-8-17/h3-5,7-8,10-13,16,20-21H,6,9,14-15H2,1-2H3,(H,29,32)(H,30,34). The molecule has 182 valence electrons. The first-order chi connectivity index (χ1) is 16.1. The molecule has 0 aromatic heterocycles. The number of likely N-dealkylation sites (tertiary alicyclic amines) is 1. The van der Waals surface area contributed by atoms with Crippen LogP contribution in [0.15, 0.2) is 54.6 Å². The second-order valence-electron chi connectivity index (χ2n) is 8.67. The third kappa shape index (κ3) is 6.36. The summed E-state index contributed by atoms with van der Waals surface area (Å²) >= 11 is 0. The molecule has 1 saturated heterocycles. The summed E-state index contributed by atoms with van der Waals surface area (Å²) in [4.78, 5) is 39.1. The quantitative estimate of drug-likeness (QED) is 0.635. The highest BCUT2D eigenvalue weighted by Crippen LogP contribution is 2.23. The molecule has 1 heterocycles. The van der Waals surface area contributed by atoms with E-state index in [0.717, 1.165) is 5.56 Å². The van der Waals surface area contributed by atoms with Crippen molar-refractivity contribution in [3.05, 3.63) is 65.7 Å². The monoisotopic (exact) mass is 475 g/mol. The summed E-state index contributed by atoms with van der Waals surface area (Å²) in [6.45, 7) is 4.33. The largest absolute Gasteiger partial charge is 0.471 e. The molecule has 2 unspecified atom stereocenters. The number of nitrogens with one attached hydrogen (secondary N) is 2. The zero-order valence-corrected chi connectivity index (χ0v) is 19.1. The van der Waals surface area contributed by atoms with Gasteiger partial charge in [-0.05, 0) is 42.0 Å². The average Bonchev–Trinajstić information content (AvgIpc) is 3.28. The van der Waals surface area contributed by atoms with Crippen LogP contribution in [-0.4, -0.2) is 47.4 Å². The molecule has 2 atom stereocenters. The molecule has 1 aliphatic heterocycles. The Morgan fingerprint density at radius 3 is 2.26 bits per heavy atom. The third-order valence-corrected chi connectivity index (χ3v) is 5.83. The number of nitrogens with zero attached hydrogens (tertiary/aromatic N) is 1. The molecule has 0 saturated carbocycles. The average molecular weight is 476 g/mol. The van der Waals surface area contributed by atoms with Crippen molar-refractivity contribution in [1.29, 1.82) is 0 Å². The lowest BCUT2D eigenvalue weighted by molar-refractivity contribution is -0.175. The molecule has 0 spiro atoms. The van der Waals surface area contributed by atoms with E-state index >= 15 is 0 Å². The molecule has 1 aliphatic rings. The number of alkyl halides is 3. The summed E-state index contributed by atoms with van der Waals surface area (Å²) in [5.74, 6) is -2.98. The van der Waals surface area contributed by atoms with E-state index in [1.54, 1.807) is 42.5 Å². The number of carbonyl (C=O) groups excluding carboxylic acids is 3. The number of hydrogen-bond donors (Lipinski definition) is 2. The fourth-order valence-corrected chi connectivity index (χ4v) is 3.97. The van der Waals surface area contributed by atoms with Crippen LogP contribution in [0, 0.1) is 0 Å². The van der Waals surface area contributed by atoms with Crippen molar-refractivity contribution in [2.75, 3.05) is 11.9 Å². The molecular formula is C25H28F3N3O3. The van der Waals surface area contributed by atoms with Crippen LogP contribution >= 0.6 is 0 Å². The van der Waals surface area contributed by atoms with E-state index in [9.17, 15) is 27.6 Å². The van der Waals surface area contributed by atoms with Crippen molar-refractivity contribution in [2.24, 2.45) is 0 Å². The normalized spacial score (nSPS) is 16.9. The molecule has 34 heavy (non-hydrogen) atoms. The predicted molar refractivity (Wildman–Crippen MR) is 122 cm³/mol. The third-order valence-electron chi connectivity index (χ3n) is 5.83. The summed E-state index contributed by atoms with van der Waals surface area (Å²) in [6, 6.07) is 13.5. The number of hydrogen-bond acceptors (Lipinski definition) is 3. The van der Waals surface area contributed by atoms with Gasteiger partial charge in [0.15, 0.2) is 0 Å². The van der Waals surface area contributed by atoms with Crippen LogP contribution in [0.25, 0.3) is 0 Å². The van der Waals surface area contributed by atoms with Gasteiger partial charge in [0, 0.05) is 18.7 Å². The minimum atomic E-state index is -5.13. The van der Waals surface area contributed by atoms with Gasteiger partial charge in [-0.25, -0.2) is 0 Å². The maximum atomic E-state index is 13.3. The second-order valence-corrected chi connectivity index (χ2v) is 8.67. The van der Waals surface area contributed by atoms with Gasteiger partial charge in [-0.15, -0.1) is 0 Å². The lowest BCUT2D eigenvalue weighted by Gasteiger charge is -2.29. The maximum Gasteiger partial charge on any atom is 0.471 e. The van der Waals surface area contributed by atoms with E-state index in [-0.39, 0.29) is 13.0 Å².